The molecule has 2 saturated carbocycles. The highest BCUT2D eigenvalue weighted by Gasteiger charge is 2.67. The van der Waals surface area contributed by atoms with Gasteiger partial charge in [-0.05, 0) is 54.6 Å². The Balaban J connectivity index is 1.69. The fourth-order valence-electron chi connectivity index (χ4n) is 6.88. The molecule has 0 radical (unpaired) electrons. The van der Waals surface area contributed by atoms with Crippen molar-refractivity contribution in [1.82, 2.24) is 0 Å². The molecule has 6 heteroatoms. The van der Waals surface area contributed by atoms with Crippen molar-refractivity contribution in [1.29, 1.82) is 0 Å². The molecular weight excluding hydrogens is 372 g/mol. The summed E-state index contributed by atoms with van der Waals surface area (Å²) in [6, 6.07) is 0. The molecule has 0 aromatic rings. The van der Waals surface area contributed by atoms with Crippen LogP contribution in [0.2, 0.25) is 0 Å². The average Bonchev–Trinajstić information content (AvgIpc) is 2.91. The Morgan fingerprint density at radius 1 is 1.28 bits per heavy atom. The molecule has 0 amide bonds. The Morgan fingerprint density at radius 2 is 2.00 bits per heavy atom. The third-order valence-electron chi connectivity index (χ3n) is 8.48. The van der Waals surface area contributed by atoms with E-state index in [-0.39, 0.29) is 29.0 Å². The fraction of sp³-hybridized carbons (Fsp3) is 0.696. The highest BCUT2D eigenvalue weighted by molar-refractivity contribution is 5.92. The Bertz CT molecular complexity index is 827. The van der Waals surface area contributed by atoms with Crippen LogP contribution in [0.25, 0.3) is 0 Å². The van der Waals surface area contributed by atoms with Crippen LogP contribution in [-0.4, -0.2) is 46.1 Å². The molecule has 0 aromatic carbocycles. The largest absolute Gasteiger partial charge is 0.458 e. The van der Waals surface area contributed by atoms with E-state index in [4.69, 9.17) is 4.74 Å². The zero-order valence-corrected chi connectivity index (χ0v) is 17.3. The SMILES string of the molecule is CC(=O)OCC(=O)[C@]1(O)CC[C@@H]2[C@H]3C=CC4=CC(=O)CC[C@]4(C)[C@@H]3[C@H](O)C[C@@]21C. The number of aliphatic hydroxyl groups excluding tert-OH is 1. The number of carbonyl (C=O) groups excluding carboxylic acids is 3. The molecule has 0 unspecified atom stereocenters. The van der Waals surface area contributed by atoms with Crippen molar-refractivity contribution >= 4 is 17.5 Å². The van der Waals surface area contributed by atoms with E-state index < -0.39 is 35.5 Å². The molecule has 0 aliphatic heterocycles. The second kappa shape index (κ2) is 6.61. The zero-order valence-electron chi connectivity index (χ0n) is 17.3. The van der Waals surface area contributed by atoms with Crippen molar-refractivity contribution in [3.05, 3.63) is 23.8 Å². The van der Waals surface area contributed by atoms with Gasteiger partial charge in [-0.3, -0.25) is 14.4 Å². The summed E-state index contributed by atoms with van der Waals surface area (Å²) in [5.41, 5.74) is -1.71. The van der Waals surface area contributed by atoms with Crippen molar-refractivity contribution in [3.63, 3.8) is 0 Å². The number of Topliss-reactive ketones (excluding diaryl/α,β-unsaturated/α-hetero) is 1. The highest BCUT2D eigenvalue weighted by atomic mass is 16.5. The van der Waals surface area contributed by atoms with Gasteiger partial charge in [0.15, 0.2) is 12.4 Å². The molecule has 0 saturated heterocycles. The monoisotopic (exact) mass is 402 g/mol. The molecular formula is C23H30O6. The van der Waals surface area contributed by atoms with Crippen LogP contribution in [-0.2, 0) is 19.1 Å². The van der Waals surface area contributed by atoms with Crippen LogP contribution in [0.5, 0.6) is 0 Å². The summed E-state index contributed by atoms with van der Waals surface area (Å²) in [6.07, 6.45) is 7.57. The Morgan fingerprint density at radius 3 is 2.69 bits per heavy atom. The van der Waals surface area contributed by atoms with Gasteiger partial charge in [0.25, 0.3) is 0 Å². The van der Waals surface area contributed by atoms with E-state index in [9.17, 15) is 24.6 Å². The minimum absolute atomic E-state index is 0.0228. The van der Waals surface area contributed by atoms with Crippen molar-refractivity contribution in [2.45, 2.75) is 64.6 Å². The van der Waals surface area contributed by atoms with Crippen LogP contribution in [0, 0.1) is 28.6 Å². The van der Waals surface area contributed by atoms with E-state index in [2.05, 4.69) is 13.0 Å². The van der Waals surface area contributed by atoms with Gasteiger partial charge in [-0.1, -0.05) is 26.0 Å². The third kappa shape index (κ3) is 2.79. The average molecular weight is 402 g/mol. The second-order valence-corrected chi connectivity index (χ2v) is 9.84. The quantitative estimate of drug-likeness (QED) is 0.702. The lowest BCUT2D eigenvalue weighted by atomic mass is 9.47. The van der Waals surface area contributed by atoms with E-state index in [1.165, 1.54) is 6.92 Å². The van der Waals surface area contributed by atoms with Gasteiger partial charge in [-0.2, -0.15) is 0 Å². The van der Waals surface area contributed by atoms with Gasteiger partial charge in [0, 0.05) is 24.7 Å². The molecule has 2 N–H and O–H groups in total. The molecule has 0 spiro atoms. The van der Waals surface area contributed by atoms with E-state index >= 15 is 0 Å². The van der Waals surface area contributed by atoms with Gasteiger partial charge in [0.2, 0.25) is 5.78 Å². The summed E-state index contributed by atoms with van der Waals surface area (Å²) in [6.45, 7) is 4.81. The normalized spacial score (nSPS) is 45.7. The molecule has 6 nitrogen and oxygen atoms in total. The molecule has 4 aliphatic rings. The first-order chi connectivity index (χ1) is 13.5. The molecule has 0 bridgehead atoms. The van der Waals surface area contributed by atoms with Crippen molar-refractivity contribution < 1.29 is 29.3 Å². The van der Waals surface area contributed by atoms with Gasteiger partial charge in [0.05, 0.1) is 6.10 Å². The molecule has 4 rings (SSSR count). The highest BCUT2D eigenvalue weighted by Crippen LogP contribution is 2.66. The van der Waals surface area contributed by atoms with E-state index in [0.717, 1.165) is 5.57 Å². The Hall–Kier alpha value is -1.79. The van der Waals surface area contributed by atoms with Crippen molar-refractivity contribution in [2.24, 2.45) is 28.6 Å². The number of ketones is 2. The predicted molar refractivity (Wildman–Crippen MR) is 105 cm³/mol. The van der Waals surface area contributed by atoms with Gasteiger partial charge in [-0.25, -0.2) is 0 Å². The first-order valence-corrected chi connectivity index (χ1v) is 10.5. The number of hydrogen-bond acceptors (Lipinski definition) is 6. The van der Waals surface area contributed by atoms with Crippen molar-refractivity contribution in [2.75, 3.05) is 6.61 Å². The Labute approximate surface area is 171 Å². The number of hydrogen-bond donors (Lipinski definition) is 2. The lowest BCUT2D eigenvalue weighted by Crippen LogP contribution is -2.61. The molecule has 7 atom stereocenters. The summed E-state index contributed by atoms with van der Waals surface area (Å²) in [4.78, 5) is 35.9. The zero-order chi connectivity index (χ0) is 21.2. The molecule has 158 valence electrons. The van der Waals surface area contributed by atoms with Gasteiger partial charge < -0.3 is 14.9 Å². The molecule has 0 aromatic heterocycles. The number of carbonyl (C=O) groups is 3. The first kappa shape index (κ1) is 20.5. The summed E-state index contributed by atoms with van der Waals surface area (Å²) in [5, 5.41) is 22.7. The lowest BCUT2D eigenvalue weighted by Gasteiger charge is -2.58. The van der Waals surface area contributed by atoms with Crippen LogP contribution in [0.4, 0.5) is 0 Å². The number of allylic oxidation sites excluding steroid dienone is 4. The topological polar surface area (TPSA) is 101 Å². The summed E-state index contributed by atoms with van der Waals surface area (Å²) in [7, 11) is 0. The van der Waals surface area contributed by atoms with Crippen LogP contribution < -0.4 is 0 Å². The van der Waals surface area contributed by atoms with Crippen LogP contribution >= 0.6 is 0 Å². The van der Waals surface area contributed by atoms with Crippen LogP contribution in [0.1, 0.15) is 52.9 Å². The minimum atomic E-state index is -1.62. The number of fused-ring (bicyclic) bond motifs is 5. The summed E-state index contributed by atoms with van der Waals surface area (Å²) >= 11 is 0. The van der Waals surface area contributed by atoms with Crippen LogP contribution in [0.3, 0.4) is 0 Å². The molecule has 2 fully saturated rings. The smallest absolute Gasteiger partial charge is 0.303 e. The molecule has 29 heavy (non-hydrogen) atoms. The van der Waals surface area contributed by atoms with Crippen LogP contribution in [0.15, 0.2) is 23.8 Å². The van der Waals surface area contributed by atoms with Gasteiger partial charge in [0.1, 0.15) is 5.60 Å². The predicted octanol–water partition coefficient (Wildman–Crippen LogP) is 2.13. The maximum absolute atomic E-state index is 12.9. The van der Waals surface area contributed by atoms with Crippen molar-refractivity contribution in [3.8, 4) is 0 Å². The fourth-order valence-corrected chi connectivity index (χ4v) is 6.88. The molecule has 0 heterocycles. The number of esters is 1. The summed E-state index contributed by atoms with van der Waals surface area (Å²) in [5.74, 6) is -0.903. The third-order valence-corrected chi connectivity index (χ3v) is 8.48. The number of aliphatic hydroxyl groups is 2. The number of rotatable bonds is 3. The summed E-state index contributed by atoms with van der Waals surface area (Å²) < 4.78 is 4.87. The Kier molecular flexibility index (Phi) is 4.67. The minimum Gasteiger partial charge on any atom is -0.458 e. The van der Waals surface area contributed by atoms with Gasteiger partial charge >= 0.3 is 5.97 Å². The number of ether oxygens (including phenoxy) is 1. The first-order valence-electron chi connectivity index (χ1n) is 10.5. The molecule has 4 aliphatic carbocycles. The van der Waals surface area contributed by atoms with E-state index in [1.807, 2.05) is 13.0 Å². The van der Waals surface area contributed by atoms with Gasteiger partial charge in [-0.15, -0.1) is 0 Å². The maximum atomic E-state index is 12.9. The maximum Gasteiger partial charge on any atom is 0.303 e. The standard InChI is InChI=1S/C23H30O6/c1-13(24)29-12-19(27)23(28)9-7-17-16-5-4-14-10-15(25)6-8-21(14,2)20(16)18(26)11-22(17,23)3/h4-5,10,16-18,20,26,28H,6-9,11-12H2,1-3H3/t16-,17-,18-,20+,21+,22+,23-/m1/s1. The van der Waals surface area contributed by atoms with E-state index in [1.54, 1.807) is 6.08 Å². The van der Waals surface area contributed by atoms with E-state index in [0.29, 0.717) is 32.1 Å². The lowest BCUT2D eigenvalue weighted by molar-refractivity contribution is -0.177. The second-order valence-electron chi connectivity index (χ2n) is 9.84.